The van der Waals surface area contributed by atoms with Crippen LogP contribution in [-0.4, -0.2) is 17.6 Å². The second-order valence-corrected chi connectivity index (χ2v) is 3.78. The van der Waals surface area contributed by atoms with Crippen molar-refractivity contribution in [3.8, 4) is 0 Å². The molecule has 0 aliphatic heterocycles. The number of methoxy groups -OCH3 is 1. The van der Waals surface area contributed by atoms with Gasteiger partial charge < -0.3 is 4.74 Å². The van der Waals surface area contributed by atoms with Crippen LogP contribution in [0, 0.1) is 0 Å². The minimum atomic E-state index is -0.745. The predicted octanol–water partition coefficient (Wildman–Crippen LogP) is 1.61. The van der Waals surface area contributed by atoms with Crippen molar-refractivity contribution in [3.63, 3.8) is 0 Å². The Morgan fingerprint density at radius 1 is 1.11 bits per heavy atom. The van der Waals surface area contributed by atoms with E-state index in [-0.39, 0.29) is 5.56 Å². The topological polar surface area (TPSA) is 48.3 Å². The van der Waals surface area contributed by atoms with Gasteiger partial charge in [-0.25, -0.2) is 4.79 Å². The van der Waals surface area contributed by atoms with Crippen LogP contribution in [0.5, 0.6) is 0 Å². The largest absolute Gasteiger partial charge is 0.467 e. The van der Waals surface area contributed by atoms with Gasteiger partial charge in [0.05, 0.1) is 7.11 Å². The van der Waals surface area contributed by atoms with Gasteiger partial charge in [0, 0.05) is 12.3 Å². The standard InChI is InChI=1S/C14H13NO3/c1-18-14(17)13(11-7-3-2-4-8-11)15-10-6-5-9-12(15)16/h2-10,13H,1H3. The van der Waals surface area contributed by atoms with Gasteiger partial charge in [-0.2, -0.15) is 0 Å². The van der Waals surface area contributed by atoms with Gasteiger partial charge in [0.2, 0.25) is 0 Å². The Hall–Kier alpha value is -2.36. The third kappa shape index (κ3) is 2.32. The Morgan fingerprint density at radius 2 is 1.78 bits per heavy atom. The summed E-state index contributed by atoms with van der Waals surface area (Å²) in [4.78, 5) is 23.7. The summed E-state index contributed by atoms with van der Waals surface area (Å²) in [6, 6.07) is 13.1. The number of esters is 1. The first kappa shape index (κ1) is 12.1. The summed E-state index contributed by atoms with van der Waals surface area (Å²) in [6.07, 6.45) is 1.58. The SMILES string of the molecule is COC(=O)C(c1ccccc1)n1ccccc1=O. The molecule has 1 heterocycles. The van der Waals surface area contributed by atoms with Crippen molar-refractivity contribution in [1.29, 1.82) is 0 Å². The molecule has 0 N–H and O–H groups in total. The molecule has 2 rings (SSSR count). The van der Waals surface area contributed by atoms with Crippen molar-refractivity contribution in [2.45, 2.75) is 6.04 Å². The second kappa shape index (κ2) is 5.31. The number of nitrogens with zero attached hydrogens (tertiary/aromatic N) is 1. The van der Waals surface area contributed by atoms with Gasteiger partial charge in [-0.3, -0.25) is 9.36 Å². The van der Waals surface area contributed by atoms with Gasteiger partial charge in [-0.15, -0.1) is 0 Å². The third-order valence-corrected chi connectivity index (χ3v) is 2.67. The molecular formula is C14H13NO3. The molecule has 1 unspecified atom stereocenters. The summed E-state index contributed by atoms with van der Waals surface area (Å²) < 4.78 is 6.14. The van der Waals surface area contributed by atoms with Crippen molar-refractivity contribution in [2.24, 2.45) is 0 Å². The molecule has 0 fully saturated rings. The van der Waals surface area contributed by atoms with Crippen molar-refractivity contribution in [1.82, 2.24) is 4.57 Å². The highest BCUT2D eigenvalue weighted by Crippen LogP contribution is 2.17. The summed E-state index contributed by atoms with van der Waals surface area (Å²) in [5.74, 6) is -0.463. The zero-order chi connectivity index (χ0) is 13.0. The van der Waals surface area contributed by atoms with Crippen molar-refractivity contribution in [3.05, 3.63) is 70.6 Å². The maximum absolute atomic E-state index is 11.9. The van der Waals surface area contributed by atoms with E-state index in [1.54, 1.807) is 30.5 Å². The Bertz CT molecular complexity index is 589. The maximum Gasteiger partial charge on any atom is 0.333 e. The molecule has 1 atom stereocenters. The lowest BCUT2D eigenvalue weighted by molar-refractivity contribution is -0.143. The lowest BCUT2D eigenvalue weighted by atomic mass is 10.1. The van der Waals surface area contributed by atoms with E-state index < -0.39 is 12.0 Å². The highest BCUT2D eigenvalue weighted by atomic mass is 16.5. The number of carbonyl (C=O) groups excluding carboxylic acids is 1. The number of ether oxygens (including phenoxy) is 1. The van der Waals surface area contributed by atoms with E-state index in [0.717, 1.165) is 5.56 Å². The van der Waals surface area contributed by atoms with E-state index in [1.165, 1.54) is 17.7 Å². The van der Waals surface area contributed by atoms with Crippen molar-refractivity contribution < 1.29 is 9.53 Å². The molecule has 2 aromatic rings. The van der Waals surface area contributed by atoms with E-state index >= 15 is 0 Å². The van der Waals surface area contributed by atoms with Gasteiger partial charge in [-0.1, -0.05) is 36.4 Å². The van der Waals surface area contributed by atoms with Crippen LogP contribution in [0.2, 0.25) is 0 Å². The second-order valence-electron chi connectivity index (χ2n) is 3.78. The molecule has 0 aliphatic rings. The lowest BCUT2D eigenvalue weighted by Gasteiger charge is -2.17. The Labute approximate surface area is 104 Å². The fourth-order valence-electron chi connectivity index (χ4n) is 1.81. The summed E-state index contributed by atoms with van der Waals surface area (Å²) in [7, 11) is 1.31. The normalized spacial score (nSPS) is 11.8. The highest BCUT2D eigenvalue weighted by molar-refractivity contribution is 5.77. The molecule has 1 aromatic carbocycles. The number of carbonyl (C=O) groups is 1. The summed E-state index contributed by atoms with van der Waals surface area (Å²) >= 11 is 0. The first-order valence-corrected chi connectivity index (χ1v) is 5.54. The van der Waals surface area contributed by atoms with Crippen LogP contribution in [0.25, 0.3) is 0 Å². The number of benzene rings is 1. The molecular weight excluding hydrogens is 230 g/mol. The minimum absolute atomic E-state index is 0.239. The van der Waals surface area contributed by atoms with Crippen LogP contribution in [-0.2, 0) is 9.53 Å². The molecule has 0 amide bonds. The highest BCUT2D eigenvalue weighted by Gasteiger charge is 2.23. The lowest BCUT2D eigenvalue weighted by Crippen LogP contribution is -2.30. The Kier molecular flexibility index (Phi) is 3.57. The van der Waals surface area contributed by atoms with Crippen molar-refractivity contribution in [2.75, 3.05) is 7.11 Å². The number of hydrogen-bond donors (Lipinski definition) is 0. The number of hydrogen-bond acceptors (Lipinski definition) is 3. The average Bonchev–Trinajstić information content (AvgIpc) is 2.42. The fraction of sp³-hybridized carbons (Fsp3) is 0.143. The zero-order valence-corrected chi connectivity index (χ0v) is 9.95. The molecule has 4 heteroatoms. The first-order chi connectivity index (χ1) is 8.74. The molecule has 92 valence electrons. The molecule has 0 saturated heterocycles. The van der Waals surface area contributed by atoms with E-state index in [4.69, 9.17) is 4.74 Å². The van der Waals surface area contributed by atoms with Crippen LogP contribution < -0.4 is 5.56 Å². The Balaban J connectivity index is 2.55. The molecule has 0 aliphatic carbocycles. The third-order valence-electron chi connectivity index (χ3n) is 2.67. The minimum Gasteiger partial charge on any atom is -0.467 e. The monoisotopic (exact) mass is 243 g/mol. The van der Waals surface area contributed by atoms with Crippen molar-refractivity contribution >= 4 is 5.97 Å². The molecule has 0 bridgehead atoms. The average molecular weight is 243 g/mol. The van der Waals surface area contributed by atoms with Gasteiger partial charge in [-0.05, 0) is 11.6 Å². The molecule has 0 radical (unpaired) electrons. The summed E-state index contributed by atoms with van der Waals surface area (Å²) in [6.45, 7) is 0. The van der Waals surface area contributed by atoms with Crippen LogP contribution >= 0.6 is 0 Å². The number of aromatic nitrogens is 1. The maximum atomic E-state index is 11.9. The van der Waals surface area contributed by atoms with Gasteiger partial charge in [0.1, 0.15) is 0 Å². The Morgan fingerprint density at radius 3 is 2.39 bits per heavy atom. The van der Waals surface area contributed by atoms with Crippen LogP contribution in [0.1, 0.15) is 11.6 Å². The zero-order valence-electron chi connectivity index (χ0n) is 9.95. The van der Waals surface area contributed by atoms with Gasteiger partial charge >= 0.3 is 5.97 Å². The number of pyridine rings is 1. The van der Waals surface area contributed by atoms with E-state index in [0.29, 0.717) is 0 Å². The van der Waals surface area contributed by atoms with E-state index in [9.17, 15) is 9.59 Å². The molecule has 4 nitrogen and oxygen atoms in total. The van der Waals surface area contributed by atoms with Gasteiger partial charge in [0.25, 0.3) is 5.56 Å². The van der Waals surface area contributed by atoms with Crippen LogP contribution in [0.4, 0.5) is 0 Å². The summed E-state index contributed by atoms with van der Waals surface area (Å²) in [5, 5.41) is 0. The van der Waals surface area contributed by atoms with E-state index in [2.05, 4.69) is 0 Å². The number of rotatable bonds is 3. The van der Waals surface area contributed by atoms with Crippen LogP contribution in [0.3, 0.4) is 0 Å². The molecule has 0 saturated carbocycles. The molecule has 0 spiro atoms. The van der Waals surface area contributed by atoms with E-state index in [1.807, 2.05) is 18.2 Å². The fourth-order valence-corrected chi connectivity index (χ4v) is 1.81. The van der Waals surface area contributed by atoms with Gasteiger partial charge in [0.15, 0.2) is 6.04 Å². The molecule has 1 aromatic heterocycles. The molecule has 18 heavy (non-hydrogen) atoms. The smallest absolute Gasteiger partial charge is 0.333 e. The predicted molar refractivity (Wildman–Crippen MR) is 67.3 cm³/mol. The first-order valence-electron chi connectivity index (χ1n) is 5.54. The quantitative estimate of drug-likeness (QED) is 0.769. The van der Waals surface area contributed by atoms with Crippen LogP contribution in [0.15, 0.2) is 59.5 Å². The summed E-state index contributed by atoms with van der Waals surface area (Å²) in [5.41, 5.74) is 0.481.